The zero-order chi connectivity index (χ0) is 15.2. The summed E-state index contributed by atoms with van der Waals surface area (Å²) in [4.78, 5) is 23.6. The number of anilines is 1. The van der Waals surface area contributed by atoms with Gasteiger partial charge in [0.25, 0.3) is 0 Å². The van der Waals surface area contributed by atoms with Crippen molar-refractivity contribution in [1.82, 2.24) is 15.1 Å². The van der Waals surface area contributed by atoms with Crippen molar-refractivity contribution < 1.29 is 9.59 Å². The first-order valence-electron chi connectivity index (χ1n) is 7.41. The van der Waals surface area contributed by atoms with Crippen molar-refractivity contribution in [3.05, 3.63) is 12.4 Å². The highest BCUT2D eigenvalue weighted by atomic mass is 35.5. The molecule has 0 saturated heterocycles. The summed E-state index contributed by atoms with van der Waals surface area (Å²) < 4.78 is 1.52. The molecule has 0 aromatic carbocycles. The van der Waals surface area contributed by atoms with Crippen LogP contribution in [0.15, 0.2) is 12.4 Å². The molecular weight excluding hydrogens is 306 g/mol. The zero-order valence-corrected chi connectivity index (χ0v) is 13.6. The van der Waals surface area contributed by atoms with Crippen LogP contribution in [-0.4, -0.2) is 34.2 Å². The molecule has 1 aliphatic carbocycles. The number of carbonyl (C=O) groups excluding carboxylic acids is 2. The number of amides is 2. The molecule has 0 radical (unpaired) electrons. The Balaban J connectivity index is 0.00000242. The molecule has 7 nitrogen and oxygen atoms in total. The Morgan fingerprint density at radius 2 is 2.14 bits per heavy atom. The maximum atomic E-state index is 11.9. The van der Waals surface area contributed by atoms with Gasteiger partial charge in [-0.25, -0.2) is 0 Å². The zero-order valence-electron chi connectivity index (χ0n) is 12.7. The molecule has 1 heterocycles. The summed E-state index contributed by atoms with van der Waals surface area (Å²) >= 11 is 0. The molecule has 0 bridgehead atoms. The number of rotatable bonds is 6. The predicted molar refractivity (Wildman–Crippen MR) is 86.7 cm³/mol. The number of nitrogens with zero attached hydrogens (tertiary/aromatic N) is 2. The molecule has 0 aliphatic heterocycles. The van der Waals surface area contributed by atoms with E-state index in [1.165, 1.54) is 23.7 Å². The van der Waals surface area contributed by atoms with E-state index in [2.05, 4.69) is 15.7 Å². The maximum Gasteiger partial charge on any atom is 0.241 e. The second-order valence-corrected chi connectivity index (χ2v) is 5.60. The molecule has 2 rings (SSSR count). The fraction of sp³-hybridized carbons (Fsp3) is 0.643. The first kappa shape index (κ1) is 18.4. The van der Waals surface area contributed by atoms with Crippen LogP contribution < -0.4 is 16.4 Å². The molecule has 1 aliphatic rings. The van der Waals surface area contributed by atoms with E-state index in [0.29, 0.717) is 18.3 Å². The average molecular weight is 330 g/mol. The van der Waals surface area contributed by atoms with Crippen molar-refractivity contribution in [1.29, 1.82) is 0 Å². The minimum atomic E-state index is -0.251. The van der Waals surface area contributed by atoms with Gasteiger partial charge in [0.1, 0.15) is 6.54 Å². The first-order chi connectivity index (χ1) is 10.1. The average Bonchev–Trinajstić information content (AvgIpc) is 3.10. The number of halogens is 1. The van der Waals surface area contributed by atoms with E-state index >= 15 is 0 Å². The third-order valence-electron chi connectivity index (χ3n) is 3.73. The van der Waals surface area contributed by atoms with Crippen molar-refractivity contribution >= 4 is 29.9 Å². The van der Waals surface area contributed by atoms with Crippen LogP contribution in [0.2, 0.25) is 0 Å². The Bertz CT molecular complexity index is 499. The molecule has 1 unspecified atom stereocenters. The predicted octanol–water partition coefficient (Wildman–Crippen LogP) is 0.897. The Labute approximate surface area is 136 Å². The van der Waals surface area contributed by atoms with E-state index in [9.17, 15) is 9.59 Å². The van der Waals surface area contributed by atoms with Crippen LogP contribution in [0, 0.1) is 5.92 Å². The van der Waals surface area contributed by atoms with Gasteiger partial charge >= 0.3 is 0 Å². The molecular formula is C14H24ClN5O2. The minimum absolute atomic E-state index is 0. The van der Waals surface area contributed by atoms with Gasteiger partial charge in [-0.1, -0.05) is 19.8 Å². The van der Waals surface area contributed by atoms with Gasteiger partial charge in [-0.2, -0.15) is 5.10 Å². The SMILES string of the molecule is CC(CN)C(=O)Nc1cnn(CC(=O)NC2CCCC2)c1.Cl. The normalized spacial score (nSPS) is 15.9. The van der Waals surface area contributed by atoms with Crippen LogP contribution in [0.4, 0.5) is 5.69 Å². The van der Waals surface area contributed by atoms with Gasteiger partial charge in [0.2, 0.25) is 11.8 Å². The lowest BCUT2D eigenvalue weighted by atomic mass is 10.2. The molecule has 22 heavy (non-hydrogen) atoms. The third kappa shape index (κ3) is 5.31. The molecule has 1 saturated carbocycles. The molecule has 124 valence electrons. The minimum Gasteiger partial charge on any atom is -0.352 e. The standard InChI is InChI=1S/C14H23N5O2.ClH/c1-10(6-15)14(21)18-12-7-16-19(8-12)9-13(20)17-11-4-2-3-5-11;/h7-8,10-11H,2-6,9,15H2,1H3,(H,17,20)(H,18,21);1H. The summed E-state index contributed by atoms with van der Waals surface area (Å²) in [6.07, 6.45) is 7.66. The lowest BCUT2D eigenvalue weighted by Gasteiger charge is -2.11. The monoisotopic (exact) mass is 329 g/mol. The van der Waals surface area contributed by atoms with Gasteiger partial charge in [-0.15, -0.1) is 12.4 Å². The van der Waals surface area contributed by atoms with E-state index in [-0.39, 0.29) is 36.7 Å². The highest BCUT2D eigenvalue weighted by Crippen LogP contribution is 2.17. The molecule has 1 atom stereocenters. The van der Waals surface area contributed by atoms with Crippen molar-refractivity contribution in [3.63, 3.8) is 0 Å². The highest BCUT2D eigenvalue weighted by Gasteiger charge is 2.17. The Hall–Kier alpha value is -1.60. The number of hydrogen-bond donors (Lipinski definition) is 3. The van der Waals surface area contributed by atoms with Gasteiger partial charge in [0, 0.05) is 24.7 Å². The molecule has 1 fully saturated rings. The van der Waals surface area contributed by atoms with E-state index in [1.807, 2.05) is 0 Å². The molecule has 2 amide bonds. The quantitative estimate of drug-likeness (QED) is 0.721. The fourth-order valence-electron chi connectivity index (χ4n) is 2.38. The molecule has 4 N–H and O–H groups in total. The Morgan fingerprint density at radius 1 is 1.45 bits per heavy atom. The lowest BCUT2D eigenvalue weighted by molar-refractivity contribution is -0.122. The van der Waals surface area contributed by atoms with Gasteiger partial charge in [0.05, 0.1) is 11.9 Å². The van der Waals surface area contributed by atoms with E-state index in [0.717, 1.165) is 12.8 Å². The van der Waals surface area contributed by atoms with Gasteiger partial charge < -0.3 is 16.4 Å². The third-order valence-corrected chi connectivity index (χ3v) is 3.73. The van der Waals surface area contributed by atoms with Crippen LogP contribution in [-0.2, 0) is 16.1 Å². The summed E-state index contributed by atoms with van der Waals surface area (Å²) in [6, 6.07) is 0.303. The highest BCUT2D eigenvalue weighted by molar-refractivity contribution is 5.92. The number of hydrogen-bond acceptors (Lipinski definition) is 4. The maximum absolute atomic E-state index is 11.9. The van der Waals surface area contributed by atoms with Crippen molar-refractivity contribution in [3.8, 4) is 0 Å². The number of nitrogens with one attached hydrogen (secondary N) is 2. The second kappa shape index (κ2) is 8.75. The van der Waals surface area contributed by atoms with E-state index in [4.69, 9.17) is 5.73 Å². The van der Waals surface area contributed by atoms with Crippen LogP contribution in [0.3, 0.4) is 0 Å². The topological polar surface area (TPSA) is 102 Å². The molecule has 1 aromatic heterocycles. The van der Waals surface area contributed by atoms with Crippen LogP contribution in [0.5, 0.6) is 0 Å². The van der Waals surface area contributed by atoms with Crippen molar-refractivity contribution in [2.75, 3.05) is 11.9 Å². The van der Waals surface area contributed by atoms with Crippen LogP contribution >= 0.6 is 12.4 Å². The molecule has 1 aromatic rings. The number of nitrogens with two attached hydrogens (primary N) is 1. The van der Waals surface area contributed by atoms with Gasteiger partial charge in [-0.3, -0.25) is 14.3 Å². The van der Waals surface area contributed by atoms with Crippen molar-refractivity contribution in [2.24, 2.45) is 11.7 Å². The van der Waals surface area contributed by atoms with E-state index in [1.54, 1.807) is 13.1 Å². The molecule has 0 spiro atoms. The summed E-state index contributed by atoms with van der Waals surface area (Å²) in [5, 5.41) is 9.81. The van der Waals surface area contributed by atoms with Gasteiger partial charge in [0.15, 0.2) is 0 Å². The summed E-state index contributed by atoms with van der Waals surface area (Å²) in [5.41, 5.74) is 6.02. The first-order valence-corrected chi connectivity index (χ1v) is 7.41. The van der Waals surface area contributed by atoms with Gasteiger partial charge in [-0.05, 0) is 12.8 Å². The smallest absolute Gasteiger partial charge is 0.241 e. The summed E-state index contributed by atoms with van der Waals surface area (Å²) in [6.45, 7) is 2.22. The Kier molecular flexibility index (Phi) is 7.34. The van der Waals surface area contributed by atoms with Crippen LogP contribution in [0.1, 0.15) is 32.6 Å². The van der Waals surface area contributed by atoms with Crippen LogP contribution in [0.25, 0.3) is 0 Å². The lowest BCUT2D eigenvalue weighted by Crippen LogP contribution is -2.35. The summed E-state index contributed by atoms with van der Waals surface area (Å²) in [7, 11) is 0. The van der Waals surface area contributed by atoms with Crippen molar-refractivity contribution in [2.45, 2.75) is 45.2 Å². The number of aromatic nitrogens is 2. The largest absolute Gasteiger partial charge is 0.352 e. The van der Waals surface area contributed by atoms with E-state index < -0.39 is 0 Å². The number of carbonyl (C=O) groups is 2. The fourth-order valence-corrected chi connectivity index (χ4v) is 2.38. The molecule has 8 heteroatoms. The Morgan fingerprint density at radius 3 is 2.77 bits per heavy atom. The summed E-state index contributed by atoms with van der Waals surface area (Å²) in [5.74, 6) is -0.440. The second-order valence-electron chi connectivity index (χ2n) is 5.60.